The summed E-state index contributed by atoms with van der Waals surface area (Å²) in [6, 6.07) is 14.6. The molecule has 2 aromatic carbocycles. The minimum absolute atomic E-state index is 0.543. The van der Waals surface area contributed by atoms with Crippen molar-refractivity contribution in [1.29, 1.82) is 0 Å². The van der Waals surface area contributed by atoms with Crippen molar-refractivity contribution < 1.29 is 14.2 Å². The SMILES string of the molecule is CCOc1cc(CNCCCN2CCOCC2)ccc1OCc1cccc(C)c1. The highest BCUT2D eigenvalue weighted by molar-refractivity contribution is 5.43. The average molecular weight is 399 g/mol. The second kappa shape index (κ2) is 11.8. The van der Waals surface area contributed by atoms with Gasteiger partial charge in [0.2, 0.25) is 0 Å². The van der Waals surface area contributed by atoms with E-state index in [-0.39, 0.29) is 0 Å². The molecule has 0 saturated carbocycles. The predicted octanol–water partition coefficient (Wildman–Crippen LogP) is 3.78. The Balaban J connectivity index is 1.46. The lowest BCUT2D eigenvalue weighted by Gasteiger charge is -2.26. The highest BCUT2D eigenvalue weighted by Crippen LogP contribution is 2.29. The lowest BCUT2D eigenvalue weighted by atomic mass is 10.1. The summed E-state index contributed by atoms with van der Waals surface area (Å²) >= 11 is 0. The van der Waals surface area contributed by atoms with Gasteiger partial charge in [0.05, 0.1) is 19.8 Å². The van der Waals surface area contributed by atoms with Crippen LogP contribution in [0, 0.1) is 6.92 Å². The van der Waals surface area contributed by atoms with Crippen molar-refractivity contribution in [2.75, 3.05) is 46.0 Å². The number of hydrogen-bond donors (Lipinski definition) is 1. The molecule has 1 aliphatic heterocycles. The Morgan fingerprint density at radius 2 is 1.86 bits per heavy atom. The maximum absolute atomic E-state index is 6.03. The topological polar surface area (TPSA) is 43.0 Å². The number of ether oxygens (including phenoxy) is 3. The second-order valence-corrected chi connectivity index (χ2v) is 7.48. The molecule has 0 aromatic heterocycles. The van der Waals surface area contributed by atoms with Gasteiger partial charge in [-0.1, -0.05) is 35.9 Å². The van der Waals surface area contributed by atoms with Gasteiger partial charge in [-0.25, -0.2) is 0 Å². The molecule has 2 aromatic rings. The summed E-state index contributed by atoms with van der Waals surface area (Å²) in [5.74, 6) is 1.61. The molecule has 0 unspecified atom stereocenters. The molecule has 0 spiro atoms. The van der Waals surface area contributed by atoms with E-state index in [0.717, 1.165) is 63.9 Å². The molecule has 29 heavy (non-hydrogen) atoms. The lowest BCUT2D eigenvalue weighted by Crippen LogP contribution is -2.37. The summed E-state index contributed by atoms with van der Waals surface area (Å²) in [5.41, 5.74) is 3.62. The van der Waals surface area contributed by atoms with E-state index in [4.69, 9.17) is 14.2 Å². The zero-order valence-corrected chi connectivity index (χ0v) is 17.8. The Bertz CT molecular complexity index is 745. The van der Waals surface area contributed by atoms with Gasteiger partial charge in [-0.2, -0.15) is 0 Å². The fraction of sp³-hybridized carbons (Fsp3) is 0.500. The van der Waals surface area contributed by atoms with Crippen LogP contribution in [-0.2, 0) is 17.9 Å². The molecule has 3 rings (SSSR count). The molecule has 0 aliphatic carbocycles. The van der Waals surface area contributed by atoms with E-state index in [1.165, 1.54) is 16.7 Å². The van der Waals surface area contributed by atoms with E-state index in [2.05, 4.69) is 53.5 Å². The highest BCUT2D eigenvalue weighted by Gasteiger charge is 2.10. The molecule has 0 atom stereocenters. The van der Waals surface area contributed by atoms with Crippen LogP contribution < -0.4 is 14.8 Å². The first-order valence-electron chi connectivity index (χ1n) is 10.7. The van der Waals surface area contributed by atoms with Gasteiger partial charge < -0.3 is 19.5 Å². The first-order chi connectivity index (χ1) is 14.2. The first-order valence-corrected chi connectivity index (χ1v) is 10.7. The summed E-state index contributed by atoms with van der Waals surface area (Å²) in [4.78, 5) is 2.47. The zero-order chi connectivity index (χ0) is 20.3. The third-order valence-electron chi connectivity index (χ3n) is 5.05. The van der Waals surface area contributed by atoms with E-state index in [1.807, 2.05) is 13.0 Å². The molecule has 0 bridgehead atoms. The third kappa shape index (κ3) is 7.35. The Kier molecular flexibility index (Phi) is 8.81. The van der Waals surface area contributed by atoms with Gasteiger partial charge in [0.25, 0.3) is 0 Å². The molecule has 0 amide bonds. The van der Waals surface area contributed by atoms with Crippen LogP contribution in [0.15, 0.2) is 42.5 Å². The molecular formula is C24H34N2O3. The van der Waals surface area contributed by atoms with Crippen molar-refractivity contribution in [3.8, 4) is 11.5 Å². The van der Waals surface area contributed by atoms with Crippen LogP contribution in [0.4, 0.5) is 0 Å². The predicted molar refractivity (Wildman–Crippen MR) is 117 cm³/mol. The van der Waals surface area contributed by atoms with Gasteiger partial charge in [0.15, 0.2) is 11.5 Å². The Morgan fingerprint density at radius 3 is 2.66 bits per heavy atom. The van der Waals surface area contributed by atoms with Crippen LogP contribution >= 0.6 is 0 Å². The third-order valence-corrected chi connectivity index (χ3v) is 5.05. The van der Waals surface area contributed by atoms with Crippen molar-refractivity contribution in [2.45, 2.75) is 33.4 Å². The number of nitrogens with one attached hydrogen (secondary N) is 1. The number of aryl methyl sites for hydroxylation is 1. The molecule has 1 fully saturated rings. The van der Waals surface area contributed by atoms with E-state index >= 15 is 0 Å². The van der Waals surface area contributed by atoms with Crippen LogP contribution in [0.5, 0.6) is 11.5 Å². The van der Waals surface area contributed by atoms with Gasteiger partial charge >= 0.3 is 0 Å². The van der Waals surface area contributed by atoms with Gasteiger partial charge in [-0.15, -0.1) is 0 Å². The summed E-state index contributed by atoms with van der Waals surface area (Å²) in [6.45, 7) is 12.1. The summed E-state index contributed by atoms with van der Waals surface area (Å²) in [6.07, 6.45) is 1.15. The van der Waals surface area contributed by atoms with Crippen LogP contribution in [0.2, 0.25) is 0 Å². The summed E-state index contributed by atoms with van der Waals surface area (Å²) < 4.78 is 17.3. The Hall–Kier alpha value is -2.08. The van der Waals surface area contributed by atoms with E-state index in [9.17, 15) is 0 Å². The summed E-state index contributed by atoms with van der Waals surface area (Å²) in [7, 11) is 0. The maximum Gasteiger partial charge on any atom is 0.161 e. The zero-order valence-electron chi connectivity index (χ0n) is 17.8. The van der Waals surface area contributed by atoms with E-state index < -0.39 is 0 Å². The van der Waals surface area contributed by atoms with E-state index in [0.29, 0.717) is 13.2 Å². The van der Waals surface area contributed by atoms with Crippen molar-refractivity contribution >= 4 is 0 Å². The highest BCUT2D eigenvalue weighted by atomic mass is 16.5. The average Bonchev–Trinajstić information content (AvgIpc) is 2.74. The second-order valence-electron chi connectivity index (χ2n) is 7.48. The molecule has 5 heteroatoms. The fourth-order valence-electron chi connectivity index (χ4n) is 3.50. The minimum atomic E-state index is 0.543. The number of morpholine rings is 1. The van der Waals surface area contributed by atoms with Gasteiger partial charge in [0.1, 0.15) is 6.61 Å². The number of hydrogen-bond acceptors (Lipinski definition) is 5. The molecule has 0 radical (unpaired) electrons. The van der Waals surface area contributed by atoms with E-state index in [1.54, 1.807) is 0 Å². The number of rotatable bonds is 11. The van der Waals surface area contributed by atoms with Crippen LogP contribution in [0.1, 0.15) is 30.0 Å². The first kappa shape index (κ1) is 21.6. The standard InChI is InChI=1S/C24H34N2O3/c1-3-28-24-17-21(18-25-10-5-11-26-12-14-27-15-13-26)8-9-23(24)29-19-22-7-4-6-20(2)16-22/h4,6-9,16-17,25H,3,5,10-15,18-19H2,1-2H3. The Labute approximate surface area is 175 Å². The number of nitrogens with zero attached hydrogens (tertiary/aromatic N) is 1. The molecule has 158 valence electrons. The Morgan fingerprint density at radius 1 is 1.00 bits per heavy atom. The minimum Gasteiger partial charge on any atom is -0.490 e. The van der Waals surface area contributed by atoms with Crippen LogP contribution in [-0.4, -0.2) is 50.9 Å². The van der Waals surface area contributed by atoms with Crippen LogP contribution in [0.3, 0.4) is 0 Å². The quantitative estimate of drug-likeness (QED) is 0.584. The smallest absolute Gasteiger partial charge is 0.161 e. The van der Waals surface area contributed by atoms with Gasteiger partial charge in [-0.3, -0.25) is 4.90 Å². The molecule has 5 nitrogen and oxygen atoms in total. The molecular weight excluding hydrogens is 364 g/mol. The maximum atomic E-state index is 6.03. The normalized spacial score (nSPS) is 14.7. The van der Waals surface area contributed by atoms with Crippen LogP contribution in [0.25, 0.3) is 0 Å². The van der Waals surface area contributed by atoms with Gasteiger partial charge in [0, 0.05) is 19.6 Å². The van der Waals surface area contributed by atoms with Crippen molar-refractivity contribution in [3.05, 3.63) is 59.2 Å². The summed E-state index contributed by atoms with van der Waals surface area (Å²) in [5, 5.41) is 3.54. The fourth-order valence-corrected chi connectivity index (χ4v) is 3.50. The molecule has 1 heterocycles. The van der Waals surface area contributed by atoms with Crippen molar-refractivity contribution in [2.24, 2.45) is 0 Å². The van der Waals surface area contributed by atoms with Gasteiger partial charge in [-0.05, 0) is 56.6 Å². The number of benzene rings is 2. The van der Waals surface area contributed by atoms with Crippen molar-refractivity contribution in [3.63, 3.8) is 0 Å². The molecule has 1 aliphatic rings. The monoisotopic (exact) mass is 398 g/mol. The lowest BCUT2D eigenvalue weighted by molar-refractivity contribution is 0.0374. The largest absolute Gasteiger partial charge is 0.490 e. The molecule has 1 saturated heterocycles. The van der Waals surface area contributed by atoms with Crippen molar-refractivity contribution in [1.82, 2.24) is 10.2 Å². The molecule has 1 N–H and O–H groups in total.